The number of fused-ring (bicyclic) bond motifs is 3. The average Bonchev–Trinajstić information content (AvgIpc) is 3.38. The summed E-state index contributed by atoms with van der Waals surface area (Å²) >= 11 is 0. The van der Waals surface area contributed by atoms with Gasteiger partial charge in [-0.3, -0.25) is 14.3 Å². The lowest BCUT2D eigenvalue weighted by Crippen LogP contribution is -2.51. The Bertz CT molecular complexity index is 1250. The van der Waals surface area contributed by atoms with Crippen LogP contribution >= 0.6 is 0 Å². The molecular weight excluding hydrogens is 488 g/mol. The third-order valence-electron chi connectivity index (χ3n) is 8.37. The fourth-order valence-electron chi connectivity index (χ4n) is 6.19. The van der Waals surface area contributed by atoms with Crippen LogP contribution in [0.2, 0.25) is 0 Å². The van der Waals surface area contributed by atoms with Crippen LogP contribution in [0.5, 0.6) is 5.75 Å². The first-order valence-electron chi connectivity index (χ1n) is 14.9. The summed E-state index contributed by atoms with van der Waals surface area (Å²) in [4.78, 5) is 31.4. The van der Waals surface area contributed by atoms with Gasteiger partial charge in [-0.15, -0.1) is 0 Å². The number of para-hydroxylation sites is 2. The van der Waals surface area contributed by atoms with E-state index in [0.29, 0.717) is 30.8 Å². The van der Waals surface area contributed by atoms with Crippen LogP contribution in [0.25, 0.3) is 10.9 Å². The molecule has 5 rings (SSSR count). The lowest BCUT2D eigenvalue weighted by molar-refractivity contribution is -0.137. The highest BCUT2D eigenvalue weighted by molar-refractivity contribution is 5.97. The summed E-state index contributed by atoms with van der Waals surface area (Å²) in [6.45, 7) is 4.81. The van der Waals surface area contributed by atoms with Crippen LogP contribution in [0.1, 0.15) is 81.5 Å². The molecule has 1 aliphatic carbocycles. The molecule has 2 atom stereocenters. The SMILES string of the molecule is CCN1CCCCCCCN(C(=O)CCn2ncc3ccccc32)[C@@H]2CCCC[C@@H]2Oc2ccccc2C1=O. The molecule has 2 aliphatic rings. The van der Waals surface area contributed by atoms with Crippen molar-refractivity contribution >= 4 is 22.7 Å². The summed E-state index contributed by atoms with van der Waals surface area (Å²) in [5, 5.41) is 5.63. The van der Waals surface area contributed by atoms with Gasteiger partial charge in [0.05, 0.1) is 29.9 Å². The average molecular weight is 531 g/mol. The van der Waals surface area contributed by atoms with Gasteiger partial charge >= 0.3 is 0 Å². The van der Waals surface area contributed by atoms with Crippen molar-refractivity contribution in [2.75, 3.05) is 19.6 Å². The van der Waals surface area contributed by atoms with E-state index in [-0.39, 0.29) is 24.0 Å². The van der Waals surface area contributed by atoms with E-state index in [2.05, 4.69) is 22.1 Å². The smallest absolute Gasteiger partial charge is 0.257 e. The van der Waals surface area contributed by atoms with Crippen LogP contribution in [0.3, 0.4) is 0 Å². The third-order valence-corrected chi connectivity index (χ3v) is 8.37. The summed E-state index contributed by atoms with van der Waals surface area (Å²) < 4.78 is 8.61. The van der Waals surface area contributed by atoms with Crippen LogP contribution in [0, 0.1) is 0 Å². The molecule has 3 aromatic rings. The molecule has 1 aromatic heterocycles. The molecule has 0 spiro atoms. The van der Waals surface area contributed by atoms with Gasteiger partial charge in [0, 0.05) is 31.4 Å². The van der Waals surface area contributed by atoms with Crippen molar-refractivity contribution in [2.24, 2.45) is 0 Å². The van der Waals surface area contributed by atoms with Gasteiger partial charge in [-0.05, 0) is 57.2 Å². The maximum atomic E-state index is 13.8. The number of carbonyl (C=O) groups is 2. The summed E-state index contributed by atoms with van der Waals surface area (Å²) in [5.41, 5.74) is 1.69. The molecule has 208 valence electrons. The van der Waals surface area contributed by atoms with Gasteiger partial charge in [-0.25, -0.2) is 0 Å². The quantitative estimate of drug-likeness (QED) is 0.411. The number of rotatable bonds is 4. The van der Waals surface area contributed by atoms with Crippen LogP contribution in [-0.4, -0.2) is 63.2 Å². The Hall–Kier alpha value is -3.35. The van der Waals surface area contributed by atoms with Crippen LogP contribution in [0.15, 0.2) is 54.7 Å². The number of benzene rings is 2. The second-order valence-corrected chi connectivity index (χ2v) is 10.9. The Morgan fingerprint density at radius 2 is 1.67 bits per heavy atom. The Morgan fingerprint density at radius 1 is 0.923 bits per heavy atom. The predicted molar refractivity (Wildman–Crippen MR) is 154 cm³/mol. The maximum Gasteiger partial charge on any atom is 0.257 e. The normalized spacial score (nSPS) is 21.4. The Labute approximate surface area is 232 Å². The zero-order valence-electron chi connectivity index (χ0n) is 23.3. The Balaban J connectivity index is 1.38. The fourth-order valence-corrected chi connectivity index (χ4v) is 6.19. The first-order chi connectivity index (χ1) is 19.2. The Morgan fingerprint density at radius 3 is 2.54 bits per heavy atom. The van der Waals surface area contributed by atoms with E-state index < -0.39 is 0 Å². The molecule has 7 heteroatoms. The van der Waals surface area contributed by atoms with Crippen molar-refractivity contribution in [3.05, 3.63) is 60.3 Å². The van der Waals surface area contributed by atoms with Gasteiger partial charge in [0.25, 0.3) is 5.91 Å². The van der Waals surface area contributed by atoms with Gasteiger partial charge < -0.3 is 14.5 Å². The van der Waals surface area contributed by atoms with Crippen molar-refractivity contribution in [2.45, 2.75) is 89.8 Å². The summed E-state index contributed by atoms with van der Waals surface area (Å²) in [6, 6.07) is 15.8. The maximum absolute atomic E-state index is 13.8. The number of aromatic nitrogens is 2. The lowest BCUT2D eigenvalue weighted by atomic mass is 9.90. The molecule has 1 fully saturated rings. The highest BCUT2D eigenvalue weighted by atomic mass is 16.5. The van der Waals surface area contributed by atoms with E-state index in [1.807, 2.05) is 59.1 Å². The number of hydrogen-bond acceptors (Lipinski definition) is 4. The van der Waals surface area contributed by atoms with E-state index in [0.717, 1.165) is 81.8 Å². The zero-order valence-corrected chi connectivity index (χ0v) is 23.3. The molecule has 0 saturated heterocycles. The first kappa shape index (κ1) is 27.2. The molecule has 0 bridgehead atoms. The van der Waals surface area contributed by atoms with Gasteiger partial charge in [-0.2, -0.15) is 5.10 Å². The molecule has 0 unspecified atom stereocenters. The van der Waals surface area contributed by atoms with Gasteiger partial charge in [0.15, 0.2) is 0 Å². The number of carbonyl (C=O) groups excluding carboxylic acids is 2. The van der Waals surface area contributed by atoms with Crippen LogP contribution in [0.4, 0.5) is 0 Å². The van der Waals surface area contributed by atoms with Crippen molar-refractivity contribution in [1.29, 1.82) is 0 Å². The van der Waals surface area contributed by atoms with Crippen molar-refractivity contribution in [3.63, 3.8) is 0 Å². The second-order valence-electron chi connectivity index (χ2n) is 10.9. The van der Waals surface area contributed by atoms with E-state index in [1.165, 1.54) is 0 Å². The molecule has 2 amide bonds. The molecule has 1 saturated carbocycles. The van der Waals surface area contributed by atoms with Gasteiger partial charge in [-0.1, -0.05) is 56.0 Å². The number of ether oxygens (including phenoxy) is 1. The molecule has 39 heavy (non-hydrogen) atoms. The molecule has 0 N–H and O–H groups in total. The van der Waals surface area contributed by atoms with Crippen molar-refractivity contribution in [3.8, 4) is 5.75 Å². The van der Waals surface area contributed by atoms with E-state index in [9.17, 15) is 9.59 Å². The van der Waals surface area contributed by atoms with E-state index in [4.69, 9.17) is 4.74 Å². The van der Waals surface area contributed by atoms with E-state index >= 15 is 0 Å². The van der Waals surface area contributed by atoms with E-state index in [1.54, 1.807) is 0 Å². The number of amides is 2. The minimum atomic E-state index is -0.123. The standard InChI is InChI=1S/C32H42N4O3/c1-2-34-21-12-4-3-5-13-22-35(31(37)20-23-36-27-16-8-6-14-25(27)24-33-36)28-17-9-11-19-30(28)39-29-18-10-7-15-26(29)32(34)38/h6-8,10,14-16,18,24,28,30H,2-5,9,11-13,17,19-23H2,1H3/t28-,30+/m1/s1. The minimum absolute atomic E-state index is 0.0104. The van der Waals surface area contributed by atoms with Crippen molar-refractivity contribution < 1.29 is 14.3 Å². The molecular formula is C32H42N4O3. The van der Waals surface area contributed by atoms with Crippen molar-refractivity contribution in [1.82, 2.24) is 19.6 Å². The highest BCUT2D eigenvalue weighted by Gasteiger charge is 2.35. The summed E-state index contributed by atoms with van der Waals surface area (Å²) in [7, 11) is 0. The predicted octanol–water partition coefficient (Wildman–Crippen LogP) is 6.07. The number of hydrogen-bond donors (Lipinski definition) is 0. The third kappa shape index (κ3) is 6.45. The topological polar surface area (TPSA) is 67.7 Å². The second kappa shape index (κ2) is 13.1. The van der Waals surface area contributed by atoms with Crippen LogP contribution < -0.4 is 4.74 Å². The molecule has 7 nitrogen and oxygen atoms in total. The summed E-state index contributed by atoms with van der Waals surface area (Å²) in [5.74, 6) is 0.846. The monoisotopic (exact) mass is 530 g/mol. The molecule has 1 aliphatic heterocycles. The Kier molecular flexibility index (Phi) is 9.17. The zero-order chi connectivity index (χ0) is 27.0. The molecule has 2 aromatic carbocycles. The first-order valence-corrected chi connectivity index (χ1v) is 14.9. The fraction of sp³-hybridized carbons (Fsp3) is 0.531. The number of aryl methyl sites for hydroxylation is 1. The molecule has 0 radical (unpaired) electrons. The van der Waals surface area contributed by atoms with Crippen LogP contribution in [-0.2, 0) is 11.3 Å². The molecule has 2 heterocycles. The minimum Gasteiger partial charge on any atom is -0.487 e. The highest BCUT2D eigenvalue weighted by Crippen LogP contribution is 2.31. The summed E-state index contributed by atoms with van der Waals surface area (Å²) in [6.07, 6.45) is 11.4. The van der Waals surface area contributed by atoms with Gasteiger partial charge in [0.2, 0.25) is 5.91 Å². The largest absolute Gasteiger partial charge is 0.487 e. The lowest BCUT2D eigenvalue weighted by Gasteiger charge is -2.40. The van der Waals surface area contributed by atoms with Gasteiger partial charge in [0.1, 0.15) is 11.9 Å². The number of nitrogens with zero attached hydrogens (tertiary/aromatic N) is 4.